The van der Waals surface area contributed by atoms with Crippen LogP contribution in [0.2, 0.25) is 19.6 Å². The van der Waals surface area contributed by atoms with Gasteiger partial charge >= 0.3 is 0 Å². The van der Waals surface area contributed by atoms with Crippen molar-refractivity contribution >= 4 is 14.2 Å². The lowest BCUT2D eigenvalue weighted by Crippen LogP contribution is -2.14. The van der Waals surface area contributed by atoms with E-state index in [-0.39, 0.29) is 0 Å². The lowest BCUT2D eigenvalue weighted by Gasteiger charge is -2.13. The molecule has 0 saturated heterocycles. The van der Waals surface area contributed by atoms with Crippen LogP contribution >= 0.6 is 0 Å². The predicted molar refractivity (Wildman–Crippen MR) is 34.1 cm³/mol. The maximum atomic E-state index is 8.02. The zero-order chi connectivity index (χ0) is 5.91. The minimum atomic E-state index is -1.39. The minimum absolute atomic E-state index is 1.39. The van der Waals surface area contributed by atoms with Gasteiger partial charge in [-0.25, -0.2) is 0 Å². The van der Waals surface area contributed by atoms with Gasteiger partial charge in [0.1, 0.15) is 0 Å². The molecule has 0 aliphatic carbocycles. The van der Waals surface area contributed by atoms with E-state index in [0.717, 1.165) is 0 Å². The SMILES string of the molecule is C[Si](C)(C)N=C=[N-]. The smallest absolute Gasteiger partial charge is 0.0524 e. The van der Waals surface area contributed by atoms with Crippen LogP contribution in [0.3, 0.4) is 0 Å². The second kappa shape index (κ2) is 2.05. The fourth-order valence-electron chi connectivity index (χ4n) is 0.150. The topological polar surface area (TPSA) is 34.7 Å². The summed E-state index contributed by atoms with van der Waals surface area (Å²) in [6.07, 6.45) is 0. The average molecular weight is 113 g/mol. The van der Waals surface area contributed by atoms with E-state index in [1.165, 1.54) is 0 Å². The molecule has 0 atom stereocenters. The van der Waals surface area contributed by atoms with Gasteiger partial charge in [-0.15, -0.1) is 0 Å². The maximum absolute atomic E-state index is 8.02. The second-order valence-electron chi connectivity index (χ2n) is 2.38. The van der Waals surface area contributed by atoms with Crippen molar-refractivity contribution in [3.8, 4) is 0 Å². The highest BCUT2D eigenvalue weighted by Gasteiger charge is 1.98. The summed E-state index contributed by atoms with van der Waals surface area (Å²) in [5.41, 5.74) is 0. The summed E-state index contributed by atoms with van der Waals surface area (Å²) in [7, 11) is -1.39. The van der Waals surface area contributed by atoms with Crippen molar-refractivity contribution < 1.29 is 0 Å². The summed E-state index contributed by atoms with van der Waals surface area (Å²) < 4.78 is 3.70. The van der Waals surface area contributed by atoms with Gasteiger partial charge in [0, 0.05) is 0 Å². The molecule has 40 valence electrons. The fourth-order valence-corrected chi connectivity index (χ4v) is 0.450. The van der Waals surface area contributed by atoms with E-state index in [4.69, 9.17) is 5.41 Å². The molecule has 0 fully saturated rings. The van der Waals surface area contributed by atoms with E-state index in [1.54, 1.807) is 6.01 Å². The third kappa shape index (κ3) is 5.60. The van der Waals surface area contributed by atoms with Gasteiger partial charge in [-0.1, -0.05) is 19.6 Å². The van der Waals surface area contributed by atoms with E-state index in [1.807, 2.05) is 19.6 Å². The first-order valence-corrected chi connectivity index (χ1v) is 5.62. The highest BCUT2D eigenvalue weighted by atomic mass is 28.3. The molecule has 0 saturated carbocycles. The van der Waals surface area contributed by atoms with Gasteiger partial charge in [-0.3, -0.25) is 0 Å². The average Bonchev–Trinajstić information content (AvgIpc) is 1.30. The Morgan fingerprint density at radius 3 is 1.86 bits per heavy atom. The molecule has 0 aromatic rings. The van der Waals surface area contributed by atoms with Crippen LogP contribution in [0.5, 0.6) is 0 Å². The standard InChI is InChI=1S/C4H9N2Si/c1-7(2,3)6-4-5/h1-3H3/q-1. The first-order chi connectivity index (χ1) is 3.06. The van der Waals surface area contributed by atoms with Crippen LogP contribution in [0.1, 0.15) is 0 Å². The number of hydrogen-bond donors (Lipinski definition) is 0. The van der Waals surface area contributed by atoms with Crippen molar-refractivity contribution in [1.82, 2.24) is 0 Å². The Morgan fingerprint density at radius 1 is 1.43 bits per heavy atom. The van der Waals surface area contributed by atoms with Crippen LogP contribution < -0.4 is 0 Å². The Morgan fingerprint density at radius 2 is 1.86 bits per heavy atom. The summed E-state index contributed by atoms with van der Waals surface area (Å²) >= 11 is 0. The van der Waals surface area contributed by atoms with E-state index in [9.17, 15) is 0 Å². The largest absolute Gasteiger partial charge is 0.439 e. The van der Waals surface area contributed by atoms with Gasteiger partial charge in [-0.05, 0) is 0 Å². The molecule has 0 radical (unpaired) electrons. The highest BCUT2D eigenvalue weighted by molar-refractivity contribution is 6.75. The Hall–Kier alpha value is -0.403. The quantitative estimate of drug-likeness (QED) is 0.365. The van der Waals surface area contributed by atoms with Crippen molar-refractivity contribution in [2.45, 2.75) is 19.6 Å². The lowest BCUT2D eigenvalue weighted by molar-refractivity contribution is 1.59. The summed E-state index contributed by atoms with van der Waals surface area (Å²) in [6, 6.07) is 1.79. The molecule has 2 nitrogen and oxygen atoms in total. The molecule has 7 heavy (non-hydrogen) atoms. The molecule has 0 aliphatic heterocycles. The molecule has 0 heterocycles. The maximum Gasteiger partial charge on any atom is 0.0524 e. The molecule has 0 aliphatic rings. The third-order valence-corrected chi connectivity index (χ3v) is 1.16. The van der Waals surface area contributed by atoms with Crippen LogP contribution in [0.15, 0.2) is 4.66 Å². The van der Waals surface area contributed by atoms with Crippen molar-refractivity contribution in [3.05, 3.63) is 5.41 Å². The Balaban J connectivity index is 3.80. The molecule has 0 N–H and O–H groups in total. The molecule has 0 amide bonds. The molecule has 0 rings (SSSR count). The Labute approximate surface area is 44.9 Å². The van der Waals surface area contributed by atoms with Gasteiger partial charge in [0.05, 0.1) is 8.24 Å². The monoisotopic (exact) mass is 113 g/mol. The first kappa shape index (κ1) is 6.60. The van der Waals surface area contributed by atoms with Crippen LogP contribution in [0, 0.1) is 0 Å². The molecule has 0 aromatic heterocycles. The van der Waals surface area contributed by atoms with Gasteiger partial charge < -0.3 is 10.1 Å². The molecule has 0 bridgehead atoms. The van der Waals surface area contributed by atoms with Gasteiger partial charge in [0.2, 0.25) is 0 Å². The molecule has 3 heteroatoms. The van der Waals surface area contributed by atoms with Crippen molar-refractivity contribution in [2.75, 3.05) is 0 Å². The summed E-state index contributed by atoms with van der Waals surface area (Å²) in [6.45, 7) is 6.07. The summed E-state index contributed by atoms with van der Waals surface area (Å²) in [5.74, 6) is 0. The van der Waals surface area contributed by atoms with Gasteiger partial charge in [-0.2, -0.15) is 6.01 Å². The second-order valence-corrected chi connectivity index (χ2v) is 6.95. The van der Waals surface area contributed by atoms with E-state index in [0.29, 0.717) is 0 Å². The van der Waals surface area contributed by atoms with E-state index in [2.05, 4.69) is 4.66 Å². The Bertz CT molecular complexity index is 96.7. The predicted octanol–water partition coefficient (Wildman–Crippen LogP) is 1.56. The van der Waals surface area contributed by atoms with E-state index >= 15 is 0 Å². The summed E-state index contributed by atoms with van der Waals surface area (Å²) in [4.78, 5) is 0. The fraction of sp³-hybridized carbons (Fsp3) is 0.750. The zero-order valence-corrected chi connectivity index (χ0v) is 5.89. The highest BCUT2D eigenvalue weighted by Crippen LogP contribution is 1.98. The third-order valence-electron chi connectivity index (χ3n) is 0.385. The normalized spacial score (nSPS) is 10.1. The van der Waals surface area contributed by atoms with Crippen molar-refractivity contribution in [1.29, 1.82) is 0 Å². The van der Waals surface area contributed by atoms with Gasteiger partial charge in [0.25, 0.3) is 0 Å². The van der Waals surface area contributed by atoms with Gasteiger partial charge in [0.15, 0.2) is 0 Å². The van der Waals surface area contributed by atoms with E-state index < -0.39 is 8.24 Å². The number of rotatable bonds is 1. The molecule has 0 spiro atoms. The van der Waals surface area contributed by atoms with Crippen LogP contribution in [0.4, 0.5) is 0 Å². The number of hydrogen-bond acceptors (Lipinski definition) is 1. The Kier molecular flexibility index (Phi) is 1.93. The lowest BCUT2D eigenvalue weighted by atomic mass is 11.6. The summed E-state index contributed by atoms with van der Waals surface area (Å²) in [5, 5.41) is 8.02. The molecule has 0 aromatic carbocycles. The van der Waals surface area contributed by atoms with Crippen LogP contribution in [0.25, 0.3) is 5.41 Å². The molecular formula is C4H9N2Si-. The van der Waals surface area contributed by atoms with Crippen LogP contribution in [-0.4, -0.2) is 14.2 Å². The first-order valence-electron chi connectivity index (χ1n) is 2.17. The molecular weight excluding hydrogens is 104 g/mol. The van der Waals surface area contributed by atoms with Crippen molar-refractivity contribution in [2.24, 2.45) is 4.66 Å². The number of nitrogens with zero attached hydrogens (tertiary/aromatic N) is 2. The minimum Gasteiger partial charge on any atom is -0.439 e. The molecule has 0 unspecified atom stereocenters. The zero-order valence-electron chi connectivity index (χ0n) is 4.89. The van der Waals surface area contributed by atoms with Crippen molar-refractivity contribution in [3.63, 3.8) is 0 Å². The van der Waals surface area contributed by atoms with Crippen LogP contribution in [-0.2, 0) is 0 Å².